The molecule has 1 unspecified atom stereocenters. The van der Waals surface area contributed by atoms with Crippen molar-refractivity contribution in [2.24, 2.45) is 5.41 Å². The number of methoxy groups -OCH3 is 1. The second-order valence-corrected chi connectivity index (χ2v) is 6.33. The molecule has 0 radical (unpaired) electrons. The van der Waals surface area contributed by atoms with Crippen molar-refractivity contribution in [2.45, 2.75) is 12.8 Å². The average molecular weight is 364 g/mol. The molecule has 1 heterocycles. The van der Waals surface area contributed by atoms with E-state index in [1.54, 1.807) is 7.11 Å². The summed E-state index contributed by atoms with van der Waals surface area (Å²) >= 11 is 3.12. The molecule has 0 saturated carbocycles. The lowest BCUT2D eigenvalue weighted by Gasteiger charge is -2.28. The molecule has 1 aliphatic heterocycles. The Hall–Kier alpha value is -0.560. The average Bonchev–Trinajstić information content (AvgIpc) is 2.93. The highest BCUT2D eigenvalue weighted by molar-refractivity contribution is 9.10. The number of benzene rings is 1. The minimum Gasteiger partial charge on any atom is -0.383 e. The second-order valence-electron chi connectivity index (χ2n) is 5.47. The van der Waals surface area contributed by atoms with Crippen LogP contribution in [0.25, 0.3) is 0 Å². The first-order chi connectivity index (χ1) is 10.1. The molecule has 0 amide bonds. The molecule has 1 aromatic carbocycles. The zero-order chi connectivity index (χ0) is 15.3. The van der Waals surface area contributed by atoms with Crippen molar-refractivity contribution < 1.29 is 18.3 Å². The Labute approximate surface area is 132 Å². The van der Waals surface area contributed by atoms with Gasteiger partial charge in [0.15, 0.2) is 0 Å². The summed E-state index contributed by atoms with van der Waals surface area (Å²) in [5, 5.41) is 3.28. The van der Waals surface area contributed by atoms with Gasteiger partial charge < -0.3 is 14.8 Å². The Kier molecular flexibility index (Phi) is 6.10. The van der Waals surface area contributed by atoms with Gasteiger partial charge in [-0.2, -0.15) is 0 Å². The van der Waals surface area contributed by atoms with Crippen molar-refractivity contribution >= 4 is 15.9 Å². The van der Waals surface area contributed by atoms with E-state index in [0.29, 0.717) is 43.8 Å². The monoisotopic (exact) mass is 363 g/mol. The van der Waals surface area contributed by atoms with Crippen LogP contribution in [0.5, 0.6) is 0 Å². The van der Waals surface area contributed by atoms with Gasteiger partial charge in [0.25, 0.3) is 0 Å². The summed E-state index contributed by atoms with van der Waals surface area (Å²) in [7, 11) is 1.64. The molecule has 2 rings (SSSR count). The molecule has 1 aromatic rings. The van der Waals surface area contributed by atoms with Gasteiger partial charge in [0, 0.05) is 37.8 Å². The van der Waals surface area contributed by atoms with Crippen molar-refractivity contribution in [3.63, 3.8) is 0 Å². The Morgan fingerprint density at radius 1 is 1.43 bits per heavy atom. The SMILES string of the molecule is COCCNCC1(Cc2c(F)ccc(Br)c2F)CCOC1. The molecule has 1 aliphatic rings. The summed E-state index contributed by atoms with van der Waals surface area (Å²) in [6.45, 7) is 3.11. The first-order valence-corrected chi connectivity index (χ1v) is 7.77. The lowest BCUT2D eigenvalue weighted by atomic mass is 9.80. The highest BCUT2D eigenvalue weighted by Crippen LogP contribution is 2.35. The molecule has 1 saturated heterocycles. The Bertz CT molecular complexity index is 479. The number of ether oxygens (including phenoxy) is 2. The molecule has 1 N–H and O–H groups in total. The summed E-state index contributed by atoms with van der Waals surface area (Å²) in [6.07, 6.45) is 1.11. The number of hydrogen-bond acceptors (Lipinski definition) is 3. The smallest absolute Gasteiger partial charge is 0.143 e. The quantitative estimate of drug-likeness (QED) is 0.596. The van der Waals surface area contributed by atoms with Crippen LogP contribution in [0.1, 0.15) is 12.0 Å². The fraction of sp³-hybridized carbons (Fsp3) is 0.600. The van der Waals surface area contributed by atoms with E-state index in [-0.39, 0.29) is 11.0 Å². The van der Waals surface area contributed by atoms with Crippen LogP contribution in [-0.4, -0.2) is 40.0 Å². The minimum absolute atomic E-state index is 0.128. The molecule has 0 aliphatic carbocycles. The molecular weight excluding hydrogens is 344 g/mol. The summed E-state index contributed by atoms with van der Waals surface area (Å²) in [5.41, 5.74) is -0.139. The van der Waals surface area contributed by atoms with Crippen LogP contribution >= 0.6 is 15.9 Å². The van der Waals surface area contributed by atoms with Gasteiger partial charge in [-0.3, -0.25) is 0 Å². The van der Waals surface area contributed by atoms with Gasteiger partial charge in [0.1, 0.15) is 11.6 Å². The molecule has 0 spiro atoms. The third-order valence-corrected chi connectivity index (χ3v) is 4.47. The number of halogens is 3. The first-order valence-electron chi connectivity index (χ1n) is 6.98. The fourth-order valence-corrected chi connectivity index (χ4v) is 3.00. The number of nitrogens with one attached hydrogen (secondary N) is 1. The van der Waals surface area contributed by atoms with Gasteiger partial charge in [0.05, 0.1) is 17.7 Å². The van der Waals surface area contributed by atoms with Crippen molar-refractivity contribution in [3.05, 3.63) is 33.8 Å². The number of rotatable bonds is 7. The number of hydrogen-bond donors (Lipinski definition) is 1. The Balaban J connectivity index is 2.11. The van der Waals surface area contributed by atoms with E-state index in [9.17, 15) is 8.78 Å². The Morgan fingerprint density at radius 2 is 2.24 bits per heavy atom. The lowest BCUT2D eigenvalue weighted by Crippen LogP contribution is -2.38. The highest BCUT2D eigenvalue weighted by Gasteiger charge is 2.36. The predicted octanol–water partition coefficient (Wildman–Crippen LogP) is 2.91. The first kappa shape index (κ1) is 16.8. The van der Waals surface area contributed by atoms with E-state index in [2.05, 4.69) is 21.2 Å². The van der Waals surface area contributed by atoms with Crippen molar-refractivity contribution in [1.29, 1.82) is 0 Å². The third-order valence-electron chi connectivity index (χ3n) is 3.86. The van der Waals surface area contributed by atoms with Gasteiger partial charge in [0.2, 0.25) is 0 Å². The normalized spacial score (nSPS) is 21.9. The van der Waals surface area contributed by atoms with E-state index in [1.807, 2.05) is 0 Å². The van der Waals surface area contributed by atoms with Gasteiger partial charge >= 0.3 is 0 Å². The molecule has 0 aromatic heterocycles. The minimum atomic E-state index is -0.516. The van der Waals surface area contributed by atoms with Gasteiger partial charge in [-0.05, 0) is 40.9 Å². The molecule has 6 heteroatoms. The third kappa shape index (κ3) is 4.22. The summed E-state index contributed by atoms with van der Waals surface area (Å²) in [6, 6.07) is 2.69. The standard InChI is InChI=1S/C15H20BrF2NO2/c1-20-7-5-19-9-15(4-6-21-10-15)8-11-13(17)3-2-12(16)14(11)18/h2-3,19H,4-10H2,1H3. The van der Waals surface area contributed by atoms with Crippen molar-refractivity contribution in [3.8, 4) is 0 Å². The zero-order valence-electron chi connectivity index (χ0n) is 12.1. The van der Waals surface area contributed by atoms with E-state index < -0.39 is 11.6 Å². The summed E-state index contributed by atoms with van der Waals surface area (Å²) in [5.74, 6) is -1.02. The topological polar surface area (TPSA) is 30.5 Å². The lowest BCUT2D eigenvalue weighted by molar-refractivity contribution is 0.143. The van der Waals surface area contributed by atoms with Crippen molar-refractivity contribution in [1.82, 2.24) is 5.32 Å². The molecule has 0 bridgehead atoms. The van der Waals surface area contributed by atoms with E-state index >= 15 is 0 Å². The highest BCUT2D eigenvalue weighted by atomic mass is 79.9. The van der Waals surface area contributed by atoms with Gasteiger partial charge in [-0.15, -0.1) is 0 Å². The fourth-order valence-electron chi connectivity index (χ4n) is 2.62. The summed E-state index contributed by atoms with van der Waals surface area (Å²) < 4.78 is 38.9. The summed E-state index contributed by atoms with van der Waals surface area (Å²) in [4.78, 5) is 0. The van der Waals surface area contributed by atoms with Gasteiger partial charge in [-0.25, -0.2) is 8.78 Å². The van der Waals surface area contributed by atoms with E-state index in [1.165, 1.54) is 12.1 Å². The second kappa shape index (κ2) is 7.63. The van der Waals surface area contributed by atoms with Crippen LogP contribution in [0.4, 0.5) is 8.78 Å². The van der Waals surface area contributed by atoms with Crippen LogP contribution in [0, 0.1) is 17.0 Å². The zero-order valence-corrected chi connectivity index (χ0v) is 13.6. The molecule has 1 fully saturated rings. The van der Waals surface area contributed by atoms with Crippen LogP contribution in [0.15, 0.2) is 16.6 Å². The van der Waals surface area contributed by atoms with Crippen LogP contribution < -0.4 is 5.32 Å². The molecule has 3 nitrogen and oxygen atoms in total. The largest absolute Gasteiger partial charge is 0.383 e. The van der Waals surface area contributed by atoms with Gasteiger partial charge in [-0.1, -0.05) is 0 Å². The maximum Gasteiger partial charge on any atom is 0.143 e. The molecular formula is C15H20BrF2NO2. The molecule has 1 atom stereocenters. The predicted molar refractivity (Wildman–Crippen MR) is 80.4 cm³/mol. The maximum atomic E-state index is 14.2. The van der Waals surface area contributed by atoms with Crippen LogP contribution in [0.2, 0.25) is 0 Å². The maximum absolute atomic E-state index is 14.2. The molecule has 118 valence electrons. The van der Waals surface area contributed by atoms with Crippen LogP contribution in [0.3, 0.4) is 0 Å². The van der Waals surface area contributed by atoms with Crippen LogP contribution in [-0.2, 0) is 15.9 Å². The molecule has 21 heavy (non-hydrogen) atoms. The van der Waals surface area contributed by atoms with E-state index in [0.717, 1.165) is 6.42 Å². The van der Waals surface area contributed by atoms with Crippen molar-refractivity contribution in [2.75, 3.05) is 40.0 Å². The Morgan fingerprint density at radius 3 is 2.90 bits per heavy atom. The van der Waals surface area contributed by atoms with E-state index in [4.69, 9.17) is 9.47 Å².